The molecule has 88 valence electrons. The summed E-state index contributed by atoms with van der Waals surface area (Å²) in [5, 5.41) is 8.69. The van der Waals surface area contributed by atoms with Crippen molar-refractivity contribution in [2.24, 2.45) is 0 Å². The van der Waals surface area contributed by atoms with Gasteiger partial charge in [-0.1, -0.05) is 12.1 Å². The Morgan fingerprint density at radius 1 is 1.38 bits per heavy atom. The Morgan fingerprint density at radius 3 is 2.44 bits per heavy atom. The molecule has 0 amide bonds. The van der Waals surface area contributed by atoms with Crippen molar-refractivity contribution in [2.45, 2.75) is 33.0 Å². The first-order valence-corrected chi connectivity index (χ1v) is 8.69. The van der Waals surface area contributed by atoms with Crippen LogP contribution in [0, 0.1) is 6.92 Å². The molecule has 0 aliphatic carbocycles. The molecule has 0 unspecified atom stereocenters. The number of hydrogen-bond acceptors (Lipinski definition) is 2. The van der Waals surface area contributed by atoms with Crippen LogP contribution in [-0.2, 0) is 11.2 Å². The topological polar surface area (TPSA) is 46.5 Å². The van der Waals surface area contributed by atoms with Crippen molar-refractivity contribution in [1.29, 1.82) is 0 Å². The number of carboxylic acids is 1. The highest BCUT2D eigenvalue weighted by Crippen LogP contribution is 2.22. The minimum absolute atomic E-state index is 0.0636. The molecule has 1 aromatic rings. The van der Waals surface area contributed by atoms with E-state index in [0.29, 0.717) is 0 Å². The molecule has 4 heteroatoms. The molecular weight excluding hydrogens is 220 g/mol. The Hall–Kier alpha value is -1.29. The number of aliphatic carboxylic acids is 1. The summed E-state index contributed by atoms with van der Waals surface area (Å²) in [5.74, 6) is 0.0616. The second kappa shape index (κ2) is 4.70. The van der Waals surface area contributed by atoms with Crippen LogP contribution in [0.25, 0.3) is 0 Å². The third-order valence-electron chi connectivity index (χ3n) is 2.01. The molecule has 0 bridgehead atoms. The second-order valence-electron chi connectivity index (χ2n) is 4.88. The zero-order valence-corrected chi connectivity index (χ0v) is 11.2. The van der Waals surface area contributed by atoms with Gasteiger partial charge in [0, 0.05) is 0 Å². The first-order valence-electron chi connectivity index (χ1n) is 5.28. The van der Waals surface area contributed by atoms with Gasteiger partial charge in [0.2, 0.25) is 8.32 Å². The molecule has 0 saturated carbocycles. The normalized spacial score (nSPS) is 11.2. The maximum Gasteiger partial charge on any atom is 0.307 e. The largest absolute Gasteiger partial charge is 0.544 e. The van der Waals surface area contributed by atoms with Crippen molar-refractivity contribution < 1.29 is 14.3 Å². The van der Waals surface area contributed by atoms with Gasteiger partial charge in [0.25, 0.3) is 0 Å². The monoisotopic (exact) mass is 238 g/mol. The summed E-state index contributed by atoms with van der Waals surface area (Å²) >= 11 is 0. The van der Waals surface area contributed by atoms with E-state index in [4.69, 9.17) is 9.53 Å². The smallest absolute Gasteiger partial charge is 0.307 e. The van der Waals surface area contributed by atoms with E-state index in [1.165, 1.54) is 0 Å². The zero-order chi connectivity index (χ0) is 12.3. The Balaban J connectivity index is 2.87. The average Bonchev–Trinajstić information content (AvgIpc) is 2.06. The van der Waals surface area contributed by atoms with Gasteiger partial charge in [-0.25, -0.2) is 0 Å². The van der Waals surface area contributed by atoms with Crippen LogP contribution in [-0.4, -0.2) is 19.4 Å². The molecule has 0 heterocycles. The van der Waals surface area contributed by atoms with E-state index in [-0.39, 0.29) is 6.42 Å². The summed E-state index contributed by atoms with van der Waals surface area (Å²) < 4.78 is 5.88. The van der Waals surface area contributed by atoms with Gasteiger partial charge in [-0.2, -0.15) is 0 Å². The highest BCUT2D eigenvalue weighted by atomic mass is 28.4. The van der Waals surface area contributed by atoms with E-state index in [1.54, 1.807) is 0 Å². The Kier molecular flexibility index (Phi) is 3.75. The maximum absolute atomic E-state index is 10.6. The number of benzene rings is 1. The summed E-state index contributed by atoms with van der Waals surface area (Å²) in [7, 11) is -1.60. The fourth-order valence-corrected chi connectivity index (χ4v) is 2.33. The van der Waals surface area contributed by atoms with E-state index in [2.05, 4.69) is 19.6 Å². The standard InChI is InChI=1S/C12H18O3Si/c1-9-7-10(8-12(13)14)5-6-11(9)15-16(2,3)4/h5-7H,8H2,1-4H3,(H,13,14). The van der Waals surface area contributed by atoms with E-state index in [0.717, 1.165) is 16.9 Å². The fourth-order valence-electron chi connectivity index (χ4n) is 1.44. The van der Waals surface area contributed by atoms with Gasteiger partial charge < -0.3 is 9.53 Å². The second-order valence-corrected chi connectivity index (χ2v) is 9.31. The van der Waals surface area contributed by atoms with Gasteiger partial charge in [-0.15, -0.1) is 0 Å². The molecule has 1 rings (SSSR count). The summed E-state index contributed by atoms with van der Waals surface area (Å²) in [6.45, 7) is 8.31. The van der Waals surface area contributed by atoms with Crippen LogP contribution >= 0.6 is 0 Å². The van der Waals surface area contributed by atoms with Crippen molar-refractivity contribution in [1.82, 2.24) is 0 Å². The molecule has 0 fully saturated rings. The average molecular weight is 238 g/mol. The Morgan fingerprint density at radius 2 is 2.00 bits per heavy atom. The van der Waals surface area contributed by atoms with E-state index in [9.17, 15) is 4.79 Å². The van der Waals surface area contributed by atoms with Crippen LogP contribution < -0.4 is 4.43 Å². The number of hydrogen-bond donors (Lipinski definition) is 1. The number of rotatable bonds is 4. The molecule has 16 heavy (non-hydrogen) atoms. The van der Waals surface area contributed by atoms with Gasteiger partial charge in [0.1, 0.15) is 5.75 Å². The molecule has 0 saturated heterocycles. The van der Waals surface area contributed by atoms with Crippen LogP contribution in [0.2, 0.25) is 19.6 Å². The molecule has 1 N–H and O–H groups in total. The molecule has 0 aromatic heterocycles. The predicted molar refractivity (Wildman–Crippen MR) is 66.5 cm³/mol. The lowest BCUT2D eigenvalue weighted by Gasteiger charge is -2.21. The molecule has 0 spiro atoms. The van der Waals surface area contributed by atoms with Gasteiger partial charge in [0.15, 0.2) is 0 Å². The first kappa shape index (κ1) is 12.8. The van der Waals surface area contributed by atoms with Gasteiger partial charge >= 0.3 is 5.97 Å². The van der Waals surface area contributed by atoms with Crippen molar-refractivity contribution in [3.63, 3.8) is 0 Å². The molecule has 0 radical (unpaired) electrons. The van der Waals surface area contributed by atoms with Crippen molar-refractivity contribution >= 4 is 14.3 Å². The molecule has 0 aliphatic heterocycles. The minimum atomic E-state index is -1.60. The number of aryl methyl sites for hydroxylation is 1. The summed E-state index contributed by atoms with van der Waals surface area (Å²) in [4.78, 5) is 10.6. The van der Waals surface area contributed by atoms with Crippen LogP contribution in [0.1, 0.15) is 11.1 Å². The Labute approximate surface area is 97.2 Å². The molecule has 1 aromatic carbocycles. The lowest BCUT2D eigenvalue weighted by molar-refractivity contribution is -0.136. The minimum Gasteiger partial charge on any atom is -0.544 e. The number of carbonyl (C=O) groups is 1. The van der Waals surface area contributed by atoms with E-state index < -0.39 is 14.3 Å². The predicted octanol–water partition coefficient (Wildman–Crippen LogP) is 2.84. The highest BCUT2D eigenvalue weighted by Gasteiger charge is 2.17. The quantitative estimate of drug-likeness (QED) is 0.820. The SMILES string of the molecule is Cc1cc(CC(=O)O)ccc1O[Si](C)(C)C. The third kappa shape index (κ3) is 4.06. The number of carboxylic acid groups (broad SMARTS) is 1. The van der Waals surface area contributed by atoms with Crippen LogP contribution in [0.4, 0.5) is 0 Å². The van der Waals surface area contributed by atoms with Crippen LogP contribution in [0.3, 0.4) is 0 Å². The van der Waals surface area contributed by atoms with Crippen molar-refractivity contribution in [3.8, 4) is 5.75 Å². The lowest BCUT2D eigenvalue weighted by atomic mass is 10.1. The molecule has 3 nitrogen and oxygen atoms in total. The third-order valence-corrected chi connectivity index (χ3v) is 2.84. The van der Waals surface area contributed by atoms with Gasteiger partial charge in [0.05, 0.1) is 6.42 Å². The lowest BCUT2D eigenvalue weighted by Crippen LogP contribution is -2.29. The van der Waals surface area contributed by atoms with Crippen molar-refractivity contribution in [3.05, 3.63) is 29.3 Å². The zero-order valence-electron chi connectivity index (χ0n) is 10.2. The van der Waals surface area contributed by atoms with E-state index in [1.807, 2.05) is 25.1 Å². The summed E-state index contributed by atoms with van der Waals surface area (Å²) in [5.41, 5.74) is 1.81. The van der Waals surface area contributed by atoms with Crippen LogP contribution in [0.15, 0.2) is 18.2 Å². The molecule has 0 aliphatic rings. The fraction of sp³-hybridized carbons (Fsp3) is 0.417. The van der Waals surface area contributed by atoms with Gasteiger partial charge in [-0.3, -0.25) is 4.79 Å². The maximum atomic E-state index is 10.6. The highest BCUT2D eigenvalue weighted by molar-refractivity contribution is 6.70. The summed E-state index contributed by atoms with van der Waals surface area (Å²) in [6, 6.07) is 5.56. The van der Waals surface area contributed by atoms with E-state index >= 15 is 0 Å². The van der Waals surface area contributed by atoms with Crippen LogP contribution in [0.5, 0.6) is 5.75 Å². The summed E-state index contributed by atoms with van der Waals surface area (Å²) in [6.07, 6.45) is 0.0636. The molecular formula is C12H18O3Si. The Bertz CT molecular complexity index is 394. The molecule has 0 atom stereocenters. The van der Waals surface area contributed by atoms with Gasteiger partial charge in [-0.05, 0) is 43.8 Å². The van der Waals surface area contributed by atoms with Crippen molar-refractivity contribution in [2.75, 3.05) is 0 Å². The first-order chi connectivity index (χ1) is 7.28.